The van der Waals surface area contributed by atoms with Crippen LogP contribution in [0.1, 0.15) is 12.2 Å². The maximum absolute atomic E-state index is 12.9. The van der Waals surface area contributed by atoms with Crippen molar-refractivity contribution in [2.45, 2.75) is 17.7 Å². The Hall–Kier alpha value is -3.11. The monoisotopic (exact) mass is 485 g/mol. The Kier molecular flexibility index (Phi) is 6.81. The average Bonchev–Trinajstić information content (AvgIpc) is 3.17. The number of carbonyl (C=O) groups is 1. The Morgan fingerprint density at radius 1 is 1.09 bits per heavy atom. The molecule has 0 unspecified atom stereocenters. The molecule has 0 bridgehead atoms. The van der Waals surface area contributed by atoms with Gasteiger partial charge in [0.25, 0.3) is 0 Å². The van der Waals surface area contributed by atoms with Gasteiger partial charge >= 0.3 is 0 Å². The second kappa shape index (κ2) is 9.63. The number of methoxy groups -OCH3 is 1. The number of anilines is 1. The first-order valence-electron chi connectivity index (χ1n) is 11.3. The van der Waals surface area contributed by atoms with Gasteiger partial charge in [-0.15, -0.1) is 0 Å². The third-order valence-electron chi connectivity index (χ3n) is 6.34. The van der Waals surface area contributed by atoms with Gasteiger partial charge in [0.1, 0.15) is 11.6 Å². The molecule has 0 spiro atoms. The van der Waals surface area contributed by atoms with E-state index in [0.29, 0.717) is 31.4 Å². The van der Waals surface area contributed by atoms with E-state index in [1.165, 1.54) is 18.4 Å². The minimum atomic E-state index is -3.53. The summed E-state index contributed by atoms with van der Waals surface area (Å²) in [5.74, 6) is 1.70. The van der Waals surface area contributed by atoms with Crippen LogP contribution < -0.4 is 9.64 Å². The van der Waals surface area contributed by atoms with E-state index >= 15 is 0 Å². The second-order valence-corrected chi connectivity index (χ2v) is 10.7. The number of hydrogen-bond acceptors (Lipinski definition) is 6. The molecular formula is C24H31N5O4S. The van der Waals surface area contributed by atoms with Gasteiger partial charge < -0.3 is 19.1 Å². The molecule has 1 amide bonds. The van der Waals surface area contributed by atoms with E-state index < -0.39 is 10.0 Å². The zero-order valence-corrected chi connectivity index (χ0v) is 20.9. The Labute approximate surface area is 200 Å². The molecule has 4 rings (SSSR count). The molecule has 10 heteroatoms. The van der Waals surface area contributed by atoms with Gasteiger partial charge in [-0.25, -0.2) is 17.7 Å². The van der Waals surface area contributed by atoms with Gasteiger partial charge in [-0.2, -0.15) is 0 Å². The SMILES string of the molecule is COc1ccccc1N1CCN(C(=O)CCc2nc3cc(S(=O)(=O)N(C)C)ccc3n2C)CC1. The third kappa shape index (κ3) is 4.60. The molecule has 9 nitrogen and oxygen atoms in total. The Balaban J connectivity index is 1.39. The molecule has 1 aliphatic heterocycles. The molecular weight excluding hydrogens is 454 g/mol. The van der Waals surface area contributed by atoms with Crippen molar-refractivity contribution in [3.63, 3.8) is 0 Å². The minimum Gasteiger partial charge on any atom is -0.495 e. The highest BCUT2D eigenvalue weighted by Crippen LogP contribution is 2.28. The zero-order chi connectivity index (χ0) is 24.5. The first-order chi connectivity index (χ1) is 16.2. The van der Waals surface area contributed by atoms with Crippen LogP contribution in [0.4, 0.5) is 5.69 Å². The lowest BCUT2D eigenvalue weighted by molar-refractivity contribution is -0.131. The van der Waals surface area contributed by atoms with Gasteiger partial charge in [0.05, 0.1) is 28.7 Å². The summed E-state index contributed by atoms with van der Waals surface area (Å²) in [4.78, 5) is 21.9. The van der Waals surface area contributed by atoms with Crippen molar-refractivity contribution in [2.24, 2.45) is 7.05 Å². The molecule has 3 aromatic rings. The first kappa shape index (κ1) is 24.0. The number of benzene rings is 2. The normalized spacial score (nSPS) is 14.7. The first-order valence-corrected chi connectivity index (χ1v) is 12.7. The van der Waals surface area contributed by atoms with Crippen LogP contribution >= 0.6 is 0 Å². The predicted octanol–water partition coefficient (Wildman–Crippen LogP) is 2.11. The summed E-state index contributed by atoms with van der Waals surface area (Å²) >= 11 is 0. The highest BCUT2D eigenvalue weighted by Gasteiger charge is 2.24. The number of piperazine rings is 1. The Bertz CT molecular complexity index is 1290. The van der Waals surface area contributed by atoms with Gasteiger partial charge in [0, 0.05) is 60.2 Å². The largest absolute Gasteiger partial charge is 0.495 e. The summed E-state index contributed by atoms with van der Waals surface area (Å²) in [7, 11) is 3.04. The smallest absolute Gasteiger partial charge is 0.242 e. The van der Waals surface area contributed by atoms with Crippen LogP contribution in [0.5, 0.6) is 5.75 Å². The maximum atomic E-state index is 12.9. The summed E-state index contributed by atoms with van der Waals surface area (Å²) in [5.41, 5.74) is 2.50. The van der Waals surface area contributed by atoms with Crippen molar-refractivity contribution in [3.8, 4) is 5.75 Å². The summed E-state index contributed by atoms with van der Waals surface area (Å²) in [5, 5.41) is 0. The maximum Gasteiger partial charge on any atom is 0.242 e. The number of fused-ring (bicyclic) bond motifs is 1. The van der Waals surface area contributed by atoms with Gasteiger partial charge in [0.2, 0.25) is 15.9 Å². The number of nitrogens with zero attached hydrogens (tertiary/aromatic N) is 5. The van der Waals surface area contributed by atoms with Crippen molar-refractivity contribution < 1.29 is 17.9 Å². The average molecular weight is 486 g/mol. The number of sulfonamides is 1. The summed E-state index contributed by atoms with van der Waals surface area (Å²) in [6, 6.07) is 12.9. The Morgan fingerprint density at radius 2 is 1.79 bits per heavy atom. The fraction of sp³-hybridized carbons (Fsp3) is 0.417. The van der Waals surface area contributed by atoms with Crippen molar-refractivity contribution in [3.05, 3.63) is 48.3 Å². The van der Waals surface area contributed by atoms with Crippen LogP contribution in [0, 0.1) is 0 Å². The summed E-state index contributed by atoms with van der Waals surface area (Å²) in [6.07, 6.45) is 0.848. The van der Waals surface area contributed by atoms with E-state index in [4.69, 9.17) is 4.74 Å². The molecule has 1 fully saturated rings. The Morgan fingerprint density at radius 3 is 2.47 bits per heavy atom. The quantitative estimate of drug-likeness (QED) is 0.509. The molecule has 182 valence electrons. The fourth-order valence-electron chi connectivity index (χ4n) is 4.29. The number of aromatic nitrogens is 2. The number of amides is 1. The highest BCUT2D eigenvalue weighted by molar-refractivity contribution is 7.89. The van der Waals surface area contributed by atoms with Crippen molar-refractivity contribution in [1.82, 2.24) is 18.8 Å². The lowest BCUT2D eigenvalue weighted by atomic mass is 10.2. The van der Waals surface area contributed by atoms with Crippen molar-refractivity contribution in [2.75, 3.05) is 52.3 Å². The van der Waals surface area contributed by atoms with Gasteiger partial charge in [-0.1, -0.05) is 12.1 Å². The summed E-state index contributed by atoms with van der Waals surface area (Å²) < 4.78 is 33.5. The number of ether oxygens (including phenoxy) is 1. The van der Waals surface area contributed by atoms with Crippen LogP contribution in [0.15, 0.2) is 47.4 Å². The van der Waals surface area contributed by atoms with E-state index in [9.17, 15) is 13.2 Å². The molecule has 0 atom stereocenters. The molecule has 34 heavy (non-hydrogen) atoms. The van der Waals surface area contributed by atoms with Crippen LogP contribution in [0.2, 0.25) is 0 Å². The number of para-hydroxylation sites is 2. The molecule has 0 radical (unpaired) electrons. The topological polar surface area (TPSA) is 88.0 Å². The predicted molar refractivity (Wildman–Crippen MR) is 132 cm³/mol. The van der Waals surface area contributed by atoms with Gasteiger partial charge in [-0.3, -0.25) is 4.79 Å². The molecule has 0 aliphatic carbocycles. The number of imidazole rings is 1. The van der Waals surface area contributed by atoms with Crippen LogP contribution in [0.25, 0.3) is 11.0 Å². The zero-order valence-electron chi connectivity index (χ0n) is 20.1. The van der Waals surface area contributed by atoms with Crippen molar-refractivity contribution >= 4 is 32.7 Å². The van der Waals surface area contributed by atoms with Gasteiger partial charge in [-0.05, 0) is 30.3 Å². The van der Waals surface area contributed by atoms with Crippen molar-refractivity contribution in [1.29, 1.82) is 0 Å². The van der Waals surface area contributed by atoms with E-state index in [-0.39, 0.29) is 10.8 Å². The number of hydrogen-bond donors (Lipinski definition) is 0. The summed E-state index contributed by atoms with van der Waals surface area (Å²) in [6.45, 7) is 2.82. The molecule has 2 aromatic carbocycles. The van der Waals surface area contributed by atoms with Crippen LogP contribution in [-0.2, 0) is 28.3 Å². The third-order valence-corrected chi connectivity index (χ3v) is 8.16. The molecule has 0 N–H and O–H groups in total. The second-order valence-electron chi connectivity index (χ2n) is 8.56. The van der Waals surface area contributed by atoms with E-state index in [0.717, 1.165) is 35.9 Å². The molecule has 0 saturated carbocycles. The molecule has 2 heterocycles. The fourth-order valence-corrected chi connectivity index (χ4v) is 5.21. The van der Waals surface area contributed by atoms with Gasteiger partial charge in [0.15, 0.2) is 0 Å². The van der Waals surface area contributed by atoms with E-state index in [1.807, 2.05) is 40.8 Å². The minimum absolute atomic E-state index is 0.0996. The van der Waals surface area contributed by atoms with Crippen LogP contribution in [-0.4, -0.2) is 80.5 Å². The van der Waals surface area contributed by atoms with Crippen LogP contribution in [0.3, 0.4) is 0 Å². The highest BCUT2D eigenvalue weighted by atomic mass is 32.2. The lowest BCUT2D eigenvalue weighted by Crippen LogP contribution is -2.49. The van der Waals surface area contributed by atoms with E-state index in [2.05, 4.69) is 9.88 Å². The number of aryl methyl sites for hydroxylation is 2. The molecule has 1 saturated heterocycles. The number of rotatable bonds is 7. The molecule has 1 aromatic heterocycles. The standard InChI is InChI=1S/C24H31N5O4S/c1-26(2)34(31,32)18-9-10-20-19(17-18)25-23(27(20)3)11-12-24(30)29-15-13-28(14-16-29)21-7-5-6-8-22(21)33-4/h5-10,17H,11-16H2,1-4H3. The van der Waals surface area contributed by atoms with E-state index in [1.54, 1.807) is 25.3 Å². The number of carbonyl (C=O) groups excluding carboxylic acids is 1. The molecule has 1 aliphatic rings. The lowest BCUT2D eigenvalue weighted by Gasteiger charge is -2.36.